The van der Waals surface area contributed by atoms with Crippen molar-refractivity contribution >= 4 is 17.2 Å². The molecule has 140 valence electrons. The Morgan fingerprint density at radius 1 is 1.23 bits per heavy atom. The Morgan fingerprint density at radius 3 is 2.81 bits per heavy atom. The maximum absolute atomic E-state index is 12.6. The molecule has 1 atom stereocenters. The molecule has 1 aromatic heterocycles. The molecule has 1 aromatic carbocycles. The number of carbonyl (C=O) groups excluding carboxylic acids is 1. The van der Waals surface area contributed by atoms with Gasteiger partial charge in [0.25, 0.3) is 5.91 Å². The van der Waals surface area contributed by atoms with Crippen molar-refractivity contribution in [3.05, 3.63) is 52.2 Å². The predicted molar refractivity (Wildman–Crippen MR) is 107 cm³/mol. The van der Waals surface area contributed by atoms with E-state index in [1.165, 1.54) is 24.1 Å². The second-order valence-corrected chi connectivity index (χ2v) is 7.69. The summed E-state index contributed by atoms with van der Waals surface area (Å²) in [5.41, 5.74) is 0.655. The van der Waals surface area contributed by atoms with E-state index in [1.54, 1.807) is 11.3 Å². The monoisotopic (exact) mass is 372 g/mol. The van der Waals surface area contributed by atoms with Crippen molar-refractivity contribution < 1.29 is 9.53 Å². The van der Waals surface area contributed by atoms with Crippen LogP contribution in [0.15, 0.2) is 41.8 Å². The fourth-order valence-corrected chi connectivity index (χ4v) is 4.22. The highest BCUT2D eigenvalue weighted by Crippen LogP contribution is 2.27. The van der Waals surface area contributed by atoms with Crippen molar-refractivity contribution in [1.82, 2.24) is 10.2 Å². The first kappa shape index (κ1) is 18.9. The molecule has 0 radical (unpaired) electrons. The normalized spacial score (nSPS) is 16.2. The van der Waals surface area contributed by atoms with Crippen LogP contribution in [-0.2, 0) is 0 Å². The van der Waals surface area contributed by atoms with Gasteiger partial charge in [-0.25, -0.2) is 0 Å². The van der Waals surface area contributed by atoms with Gasteiger partial charge in [0.15, 0.2) is 0 Å². The molecule has 0 aliphatic carbocycles. The number of hydrogen-bond donors (Lipinski definition) is 1. The molecule has 5 heteroatoms. The van der Waals surface area contributed by atoms with E-state index in [1.807, 2.05) is 24.3 Å². The van der Waals surface area contributed by atoms with Gasteiger partial charge < -0.3 is 10.1 Å². The number of amides is 1. The van der Waals surface area contributed by atoms with Crippen LogP contribution < -0.4 is 10.1 Å². The van der Waals surface area contributed by atoms with Crippen LogP contribution in [0.2, 0.25) is 0 Å². The minimum atomic E-state index is -0.0366. The average Bonchev–Trinajstić information content (AvgIpc) is 3.22. The number of nitrogens with zero attached hydrogens (tertiary/aromatic N) is 1. The van der Waals surface area contributed by atoms with Crippen molar-refractivity contribution in [3.8, 4) is 5.75 Å². The van der Waals surface area contributed by atoms with Crippen molar-refractivity contribution in [3.63, 3.8) is 0 Å². The lowest BCUT2D eigenvalue weighted by atomic mass is 10.1. The minimum absolute atomic E-state index is 0.0366. The van der Waals surface area contributed by atoms with Gasteiger partial charge in [-0.1, -0.05) is 25.5 Å². The van der Waals surface area contributed by atoms with E-state index in [4.69, 9.17) is 4.74 Å². The Morgan fingerprint density at radius 2 is 2.08 bits per heavy atom. The van der Waals surface area contributed by atoms with Crippen molar-refractivity contribution in [2.75, 3.05) is 26.2 Å². The van der Waals surface area contributed by atoms with Crippen LogP contribution in [0.25, 0.3) is 0 Å². The number of carbonyl (C=O) groups is 1. The molecule has 0 unspecified atom stereocenters. The van der Waals surface area contributed by atoms with E-state index >= 15 is 0 Å². The van der Waals surface area contributed by atoms with Gasteiger partial charge in [0, 0.05) is 17.0 Å². The number of piperidine rings is 1. The summed E-state index contributed by atoms with van der Waals surface area (Å²) in [7, 11) is 0. The van der Waals surface area contributed by atoms with Crippen LogP contribution in [0.4, 0.5) is 0 Å². The molecule has 1 fully saturated rings. The fourth-order valence-electron chi connectivity index (χ4n) is 3.36. The zero-order valence-electron chi connectivity index (χ0n) is 15.4. The van der Waals surface area contributed by atoms with Crippen LogP contribution >= 0.6 is 11.3 Å². The molecule has 4 nitrogen and oxygen atoms in total. The number of hydrogen-bond acceptors (Lipinski definition) is 4. The number of ether oxygens (including phenoxy) is 1. The first-order valence-corrected chi connectivity index (χ1v) is 10.4. The van der Waals surface area contributed by atoms with E-state index in [0.29, 0.717) is 18.7 Å². The third-order valence-corrected chi connectivity index (χ3v) is 5.70. The van der Waals surface area contributed by atoms with Crippen LogP contribution in [-0.4, -0.2) is 37.0 Å². The quantitative estimate of drug-likeness (QED) is 0.742. The van der Waals surface area contributed by atoms with E-state index in [-0.39, 0.29) is 11.9 Å². The number of likely N-dealkylation sites (tertiary alicyclic amines) is 1. The van der Waals surface area contributed by atoms with Crippen LogP contribution in [0.3, 0.4) is 0 Å². The molecule has 0 saturated carbocycles. The smallest absolute Gasteiger partial charge is 0.251 e. The summed E-state index contributed by atoms with van der Waals surface area (Å²) < 4.78 is 5.64. The van der Waals surface area contributed by atoms with E-state index in [9.17, 15) is 4.79 Å². The molecular weight excluding hydrogens is 344 g/mol. The summed E-state index contributed by atoms with van der Waals surface area (Å²) in [6.45, 7) is 5.60. The summed E-state index contributed by atoms with van der Waals surface area (Å²) in [5, 5.41) is 5.25. The summed E-state index contributed by atoms with van der Waals surface area (Å²) in [6.07, 6.45) is 4.75. The number of nitrogens with one attached hydrogen (secondary N) is 1. The van der Waals surface area contributed by atoms with Gasteiger partial charge in [-0.15, -0.1) is 11.3 Å². The Kier molecular flexibility index (Phi) is 7.09. The second kappa shape index (κ2) is 9.74. The molecule has 1 aliphatic rings. The van der Waals surface area contributed by atoms with Gasteiger partial charge in [-0.05, 0) is 62.0 Å². The van der Waals surface area contributed by atoms with Crippen LogP contribution in [0.1, 0.15) is 53.9 Å². The Balaban J connectivity index is 1.64. The Hall–Kier alpha value is -1.85. The van der Waals surface area contributed by atoms with Crippen molar-refractivity contribution in [2.24, 2.45) is 0 Å². The Labute approximate surface area is 160 Å². The van der Waals surface area contributed by atoms with Crippen molar-refractivity contribution in [2.45, 2.75) is 38.6 Å². The zero-order chi connectivity index (χ0) is 18.2. The summed E-state index contributed by atoms with van der Waals surface area (Å²) in [5.74, 6) is 0.718. The van der Waals surface area contributed by atoms with Gasteiger partial charge >= 0.3 is 0 Å². The molecule has 0 spiro atoms. The number of thiophene rings is 1. The van der Waals surface area contributed by atoms with Crippen molar-refractivity contribution in [1.29, 1.82) is 0 Å². The lowest BCUT2D eigenvalue weighted by Gasteiger charge is -2.34. The molecular formula is C21H28N2O2S. The summed E-state index contributed by atoms with van der Waals surface area (Å²) >= 11 is 1.77. The molecule has 26 heavy (non-hydrogen) atoms. The molecule has 1 amide bonds. The number of benzene rings is 1. The van der Waals surface area contributed by atoms with Gasteiger partial charge in [0.1, 0.15) is 5.75 Å². The first-order chi connectivity index (χ1) is 12.8. The predicted octanol–water partition coefficient (Wildman–Crippen LogP) is 4.49. The van der Waals surface area contributed by atoms with Gasteiger partial charge in [0.05, 0.1) is 12.6 Å². The lowest BCUT2D eigenvalue weighted by molar-refractivity contribution is 0.0925. The standard InChI is InChI=1S/C21H28N2O2S/c1-2-13-25-18-9-6-8-17(15-18)21(24)22-16-19(20-10-7-14-26-20)23-11-4-3-5-12-23/h6-10,14-15,19H,2-5,11-13,16H2,1H3,(H,22,24)/t19-/m1/s1. The highest BCUT2D eigenvalue weighted by molar-refractivity contribution is 7.10. The minimum Gasteiger partial charge on any atom is -0.494 e. The fraction of sp³-hybridized carbons (Fsp3) is 0.476. The maximum atomic E-state index is 12.6. The molecule has 3 rings (SSSR count). The number of rotatable bonds is 8. The van der Waals surface area contributed by atoms with Gasteiger partial charge in [-0.3, -0.25) is 9.69 Å². The highest BCUT2D eigenvalue weighted by atomic mass is 32.1. The van der Waals surface area contributed by atoms with Crippen LogP contribution in [0.5, 0.6) is 5.75 Å². The molecule has 2 aromatic rings. The molecule has 1 N–H and O–H groups in total. The second-order valence-electron chi connectivity index (χ2n) is 6.71. The van der Waals surface area contributed by atoms with E-state index in [0.717, 1.165) is 25.3 Å². The van der Waals surface area contributed by atoms with E-state index in [2.05, 4.69) is 34.7 Å². The van der Waals surface area contributed by atoms with E-state index < -0.39 is 0 Å². The molecule has 2 heterocycles. The zero-order valence-corrected chi connectivity index (χ0v) is 16.3. The third kappa shape index (κ3) is 5.08. The largest absolute Gasteiger partial charge is 0.494 e. The SMILES string of the molecule is CCCOc1cccc(C(=O)NC[C@H](c2cccs2)N2CCCCC2)c1. The topological polar surface area (TPSA) is 41.6 Å². The highest BCUT2D eigenvalue weighted by Gasteiger charge is 2.23. The lowest BCUT2D eigenvalue weighted by Crippen LogP contribution is -2.40. The summed E-state index contributed by atoms with van der Waals surface area (Å²) in [6, 6.07) is 12.0. The average molecular weight is 373 g/mol. The summed E-state index contributed by atoms with van der Waals surface area (Å²) in [4.78, 5) is 16.5. The molecule has 1 aliphatic heterocycles. The molecule has 1 saturated heterocycles. The van der Waals surface area contributed by atoms with Crippen LogP contribution in [0, 0.1) is 0 Å². The maximum Gasteiger partial charge on any atom is 0.251 e. The Bertz CT molecular complexity index is 681. The first-order valence-electron chi connectivity index (χ1n) is 9.56. The third-order valence-electron chi connectivity index (χ3n) is 4.73. The molecule has 0 bridgehead atoms. The van der Waals surface area contributed by atoms with Gasteiger partial charge in [0.2, 0.25) is 0 Å². The van der Waals surface area contributed by atoms with Gasteiger partial charge in [-0.2, -0.15) is 0 Å².